The predicted molar refractivity (Wildman–Crippen MR) is 84.0 cm³/mol. The molecule has 0 saturated heterocycles. The molecule has 0 aromatic rings. The number of carbonyl (C=O) groups is 1. The van der Waals surface area contributed by atoms with Crippen LogP contribution in [-0.2, 0) is 28.5 Å². The number of hydrogen-bond donors (Lipinski definition) is 0. The molecule has 0 aromatic heterocycles. The summed E-state index contributed by atoms with van der Waals surface area (Å²) in [7, 11) is 0. The van der Waals surface area contributed by atoms with Crippen molar-refractivity contribution in [3.63, 3.8) is 0 Å². The summed E-state index contributed by atoms with van der Waals surface area (Å²) in [4.78, 5) is 11.2. The van der Waals surface area contributed by atoms with Crippen LogP contribution in [0, 0.1) is 0 Å². The fraction of sp³-hybridized carbons (Fsp3) is 0.938. The van der Waals surface area contributed by atoms with Crippen LogP contribution in [0.5, 0.6) is 0 Å². The summed E-state index contributed by atoms with van der Waals surface area (Å²) in [5, 5.41) is 0. The van der Waals surface area contributed by atoms with Crippen molar-refractivity contribution >= 4 is 5.97 Å². The van der Waals surface area contributed by atoms with Crippen molar-refractivity contribution in [2.45, 2.75) is 46.1 Å². The van der Waals surface area contributed by atoms with Crippen LogP contribution in [0.15, 0.2) is 0 Å². The topological polar surface area (TPSA) is 63.2 Å². The molecule has 0 radical (unpaired) electrons. The van der Waals surface area contributed by atoms with Crippen LogP contribution < -0.4 is 0 Å². The summed E-state index contributed by atoms with van der Waals surface area (Å²) in [6.45, 7) is 10.5. The van der Waals surface area contributed by atoms with Crippen molar-refractivity contribution < 1.29 is 28.5 Å². The molecule has 0 aliphatic rings. The van der Waals surface area contributed by atoms with E-state index in [2.05, 4.69) is 0 Å². The van der Waals surface area contributed by atoms with Crippen molar-refractivity contribution in [3.05, 3.63) is 0 Å². The van der Waals surface area contributed by atoms with Gasteiger partial charge >= 0.3 is 5.97 Å². The number of rotatable bonds is 16. The molecular formula is C16H32O6. The highest BCUT2D eigenvalue weighted by molar-refractivity contribution is 5.69. The first-order valence-electron chi connectivity index (χ1n) is 8.21. The van der Waals surface area contributed by atoms with E-state index in [1.54, 1.807) is 0 Å². The zero-order valence-corrected chi connectivity index (χ0v) is 14.3. The van der Waals surface area contributed by atoms with Crippen LogP contribution in [0.1, 0.15) is 40.0 Å². The molecule has 0 fully saturated rings. The molecule has 132 valence electrons. The molecule has 6 nitrogen and oxygen atoms in total. The van der Waals surface area contributed by atoms with Crippen molar-refractivity contribution in [1.29, 1.82) is 0 Å². The summed E-state index contributed by atoms with van der Waals surface area (Å²) in [6.07, 6.45) is 1.98. The Hall–Kier alpha value is -0.690. The molecule has 0 aromatic carbocycles. The molecule has 1 atom stereocenters. The standard InChI is InChI=1S/C16H32O6/c1-4-8-22-16(17)7-6-9-19-12-13-21-15(3)14-20-11-10-18-5-2/h15H,4-14H2,1-3H3. The Labute approximate surface area is 134 Å². The first-order chi connectivity index (χ1) is 10.7. The van der Waals surface area contributed by atoms with E-state index >= 15 is 0 Å². The normalized spacial score (nSPS) is 12.3. The summed E-state index contributed by atoms with van der Waals surface area (Å²) in [5.74, 6) is -0.153. The third-order valence-corrected chi connectivity index (χ3v) is 2.70. The van der Waals surface area contributed by atoms with Crippen molar-refractivity contribution in [3.8, 4) is 0 Å². The average molecular weight is 320 g/mol. The maximum atomic E-state index is 11.2. The van der Waals surface area contributed by atoms with E-state index < -0.39 is 0 Å². The Balaban J connectivity index is 3.22. The molecule has 0 bridgehead atoms. The molecule has 0 amide bonds. The van der Waals surface area contributed by atoms with Gasteiger partial charge < -0.3 is 23.7 Å². The number of esters is 1. The third kappa shape index (κ3) is 15.7. The lowest BCUT2D eigenvalue weighted by Gasteiger charge is -2.13. The van der Waals surface area contributed by atoms with Gasteiger partial charge in [0.25, 0.3) is 0 Å². The highest BCUT2D eigenvalue weighted by atomic mass is 16.6. The van der Waals surface area contributed by atoms with Crippen LogP contribution in [0.25, 0.3) is 0 Å². The van der Waals surface area contributed by atoms with E-state index in [0.717, 1.165) is 6.42 Å². The average Bonchev–Trinajstić information content (AvgIpc) is 2.51. The van der Waals surface area contributed by atoms with Crippen LogP contribution in [0.2, 0.25) is 0 Å². The Morgan fingerprint density at radius 3 is 2.36 bits per heavy atom. The van der Waals surface area contributed by atoms with Gasteiger partial charge in [-0.1, -0.05) is 6.92 Å². The van der Waals surface area contributed by atoms with E-state index in [-0.39, 0.29) is 12.1 Å². The second kappa shape index (κ2) is 16.7. The summed E-state index contributed by atoms with van der Waals surface area (Å²) in [5.41, 5.74) is 0. The van der Waals surface area contributed by atoms with Gasteiger partial charge in [-0.25, -0.2) is 0 Å². The van der Waals surface area contributed by atoms with Gasteiger partial charge in [0.05, 0.1) is 45.7 Å². The zero-order valence-electron chi connectivity index (χ0n) is 14.3. The molecule has 0 spiro atoms. The van der Waals surface area contributed by atoms with Gasteiger partial charge in [0.2, 0.25) is 0 Å². The molecule has 0 heterocycles. The largest absolute Gasteiger partial charge is 0.466 e. The van der Waals surface area contributed by atoms with Gasteiger partial charge in [-0.15, -0.1) is 0 Å². The fourth-order valence-electron chi connectivity index (χ4n) is 1.58. The highest BCUT2D eigenvalue weighted by Gasteiger charge is 2.03. The number of carbonyl (C=O) groups excluding carboxylic acids is 1. The summed E-state index contributed by atoms with van der Waals surface area (Å²) < 4.78 is 26.5. The monoisotopic (exact) mass is 320 g/mol. The highest BCUT2D eigenvalue weighted by Crippen LogP contribution is 1.96. The molecule has 22 heavy (non-hydrogen) atoms. The van der Waals surface area contributed by atoms with Crippen molar-refractivity contribution in [2.75, 3.05) is 52.9 Å². The molecule has 0 aliphatic heterocycles. The Morgan fingerprint density at radius 2 is 1.64 bits per heavy atom. The first kappa shape index (κ1) is 21.3. The summed E-state index contributed by atoms with van der Waals surface area (Å²) in [6, 6.07) is 0. The van der Waals surface area contributed by atoms with Crippen LogP contribution in [0.4, 0.5) is 0 Å². The van der Waals surface area contributed by atoms with Gasteiger partial charge in [-0.05, 0) is 26.7 Å². The molecule has 0 aliphatic carbocycles. The maximum absolute atomic E-state index is 11.2. The zero-order chi connectivity index (χ0) is 16.5. The fourth-order valence-corrected chi connectivity index (χ4v) is 1.58. The molecule has 1 unspecified atom stereocenters. The van der Waals surface area contributed by atoms with Gasteiger partial charge in [-0.3, -0.25) is 4.79 Å². The number of ether oxygens (including phenoxy) is 5. The maximum Gasteiger partial charge on any atom is 0.305 e. The molecule has 0 rings (SSSR count). The molecule has 6 heteroatoms. The van der Waals surface area contributed by atoms with Crippen molar-refractivity contribution in [2.24, 2.45) is 0 Å². The second-order valence-electron chi connectivity index (χ2n) is 4.89. The lowest BCUT2D eigenvalue weighted by molar-refractivity contribution is -0.144. The third-order valence-electron chi connectivity index (χ3n) is 2.70. The van der Waals surface area contributed by atoms with Gasteiger partial charge in [-0.2, -0.15) is 0 Å². The smallest absolute Gasteiger partial charge is 0.305 e. The molecule has 0 saturated carbocycles. The minimum Gasteiger partial charge on any atom is -0.466 e. The van der Waals surface area contributed by atoms with E-state index in [1.807, 2.05) is 20.8 Å². The quantitative estimate of drug-likeness (QED) is 0.321. The van der Waals surface area contributed by atoms with Crippen LogP contribution >= 0.6 is 0 Å². The van der Waals surface area contributed by atoms with Crippen molar-refractivity contribution in [1.82, 2.24) is 0 Å². The first-order valence-corrected chi connectivity index (χ1v) is 8.21. The lowest BCUT2D eigenvalue weighted by atomic mass is 10.3. The Bertz CT molecular complexity index is 247. The van der Waals surface area contributed by atoms with E-state index in [9.17, 15) is 4.79 Å². The van der Waals surface area contributed by atoms with E-state index in [4.69, 9.17) is 23.7 Å². The minimum absolute atomic E-state index is 0.0363. The Kier molecular flexibility index (Phi) is 16.2. The predicted octanol–water partition coefficient (Wildman–Crippen LogP) is 2.19. The van der Waals surface area contributed by atoms with Crippen LogP contribution in [0.3, 0.4) is 0 Å². The lowest BCUT2D eigenvalue weighted by Crippen LogP contribution is -2.20. The summed E-state index contributed by atoms with van der Waals surface area (Å²) >= 11 is 0. The number of hydrogen-bond acceptors (Lipinski definition) is 6. The Morgan fingerprint density at radius 1 is 0.909 bits per heavy atom. The minimum atomic E-state index is -0.153. The SMILES string of the molecule is CCCOC(=O)CCCOCCOC(C)COCCOCC. The van der Waals surface area contributed by atoms with E-state index in [1.165, 1.54) is 0 Å². The second-order valence-corrected chi connectivity index (χ2v) is 4.89. The van der Waals surface area contributed by atoms with E-state index in [0.29, 0.717) is 65.7 Å². The van der Waals surface area contributed by atoms with Gasteiger partial charge in [0.1, 0.15) is 0 Å². The molecule has 0 N–H and O–H groups in total. The van der Waals surface area contributed by atoms with Gasteiger partial charge in [0.15, 0.2) is 0 Å². The molecular weight excluding hydrogens is 288 g/mol. The van der Waals surface area contributed by atoms with Gasteiger partial charge in [0, 0.05) is 19.6 Å². The van der Waals surface area contributed by atoms with Crippen LogP contribution in [-0.4, -0.2) is 64.9 Å².